The Morgan fingerprint density at radius 3 is 2.64 bits per heavy atom. The monoisotopic (exact) mass is 337 g/mol. The van der Waals surface area contributed by atoms with E-state index in [9.17, 15) is 5.26 Å². The molecular weight excluding hydrogens is 314 g/mol. The average Bonchev–Trinajstić information content (AvgIpc) is 3.10. The SMILES string of the molecule is COc1ccc(C2NNCC2c2cc(C(C)C)nc(N)c2C#N)cc1. The maximum Gasteiger partial charge on any atom is 0.141 e. The molecule has 130 valence electrons. The van der Waals surface area contributed by atoms with Crippen molar-refractivity contribution in [3.05, 3.63) is 52.7 Å². The number of nitrogens with zero attached hydrogens (tertiary/aromatic N) is 2. The number of methoxy groups -OCH3 is 1. The van der Waals surface area contributed by atoms with E-state index in [1.807, 2.05) is 30.3 Å². The van der Waals surface area contributed by atoms with Gasteiger partial charge in [-0.1, -0.05) is 26.0 Å². The van der Waals surface area contributed by atoms with Gasteiger partial charge in [-0.2, -0.15) is 5.26 Å². The van der Waals surface area contributed by atoms with E-state index in [2.05, 4.69) is 35.8 Å². The number of hydrogen-bond acceptors (Lipinski definition) is 6. The molecule has 2 aromatic rings. The fourth-order valence-electron chi connectivity index (χ4n) is 3.23. The molecule has 1 saturated heterocycles. The second kappa shape index (κ2) is 7.09. The third-order valence-electron chi connectivity index (χ3n) is 4.66. The average molecular weight is 337 g/mol. The van der Waals surface area contributed by atoms with Crippen molar-refractivity contribution in [3.8, 4) is 11.8 Å². The number of ether oxygens (including phenoxy) is 1. The molecule has 25 heavy (non-hydrogen) atoms. The van der Waals surface area contributed by atoms with E-state index in [1.54, 1.807) is 7.11 Å². The quantitative estimate of drug-likeness (QED) is 0.793. The van der Waals surface area contributed by atoms with Crippen LogP contribution in [0.5, 0.6) is 5.75 Å². The molecule has 1 aromatic carbocycles. The number of pyridine rings is 1. The zero-order valence-corrected chi connectivity index (χ0v) is 14.7. The second-order valence-electron chi connectivity index (χ2n) is 6.55. The molecular formula is C19H23N5O. The van der Waals surface area contributed by atoms with Crippen molar-refractivity contribution in [2.24, 2.45) is 0 Å². The predicted molar refractivity (Wildman–Crippen MR) is 97.1 cm³/mol. The highest BCUT2D eigenvalue weighted by Gasteiger charge is 2.32. The van der Waals surface area contributed by atoms with Gasteiger partial charge in [0.2, 0.25) is 0 Å². The molecule has 2 unspecified atom stereocenters. The van der Waals surface area contributed by atoms with Gasteiger partial charge in [-0.25, -0.2) is 10.4 Å². The van der Waals surface area contributed by atoms with Gasteiger partial charge in [-0.15, -0.1) is 0 Å². The van der Waals surface area contributed by atoms with Crippen LogP contribution in [-0.2, 0) is 0 Å². The largest absolute Gasteiger partial charge is 0.497 e. The van der Waals surface area contributed by atoms with Gasteiger partial charge in [0.05, 0.1) is 18.7 Å². The van der Waals surface area contributed by atoms with Crippen LogP contribution in [-0.4, -0.2) is 18.6 Å². The van der Waals surface area contributed by atoms with E-state index in [0.29, 0.717) is 17.9 Å². The summed E-state index contributed by atoms with van der Waals surface area (Å²) in [5, 5.41) is 9.59. The van der Waals surface area contributed by atoms with Gasteiger partial charge in [0, 0.05) is 18.2 Å². The van der Waals surface area contributed by atoms with Crippen molar-refractivity contribution in [1.29, 1.82) is 5.26 Å². The summed E-state index contributed by atoms with van der Waals surface area (Å²) in [6.45, 7) is 4.86. The number of rotatable bonds is 4. The van der Waals surface area contributed by atoms with Crippen molar-refractivity contribution in [2.75, 3.05) is 19.4 Å². The molecule has 0 spiro atoms. The Morgan fingerprint density at radius 2 is 2.04 bits per heavy atom. The molecule has 0 radical (unpaired) electrons. The summed E-state index contributed by atoms with van der Waals surface area (Å²) < 4.78 is 5.23. The summed E-state index contributed by atoms with van der Waals surface area (Å²) >= 11 is 0. The molecule has 1 aliphatic rings. The first-order valence-electron chi connectivity index (χ1n) is 8.38. The Hall–Kier alpha value is -2.62. The molecule has 0 amide bonds. The molecule has 0 bridgehead atoms. The summed E-state index contributed by atoms with van der Waals surface area (Å²) in [7, 11) is 1.65. The van der Waals surface area contributed by atoms with Gasteiger partial charge in [-0.3, -0.25) is 5.43 Å². The Balaban J connectivity index is 2.03. The van der Waals surface area contributed by atoms with Crippen molar-refractivity contribution < 1.29 is 4.74 Å². The van der Waals surface area contributed by atoms with Crippen LogP contribution in [0.15, 0.2) is 30.3 Å². The standard InChI is InChI=1S/C19H23N5O/c1-11(2)17-8-14(15(9-20)19(21)23-17)16-10-22-24-18(16)12-4-6-13(25-3)7-5-12/h4-8,11,16,18,22,24H,10H2,1-3H3,(H2,21,23). The van der Waals surface area contributed by atoms with E-state index in [1.165, 1.54) is 0 Å². The number of hydrazine groups is 1. The number of nitrogens with one attached hydrogen (secondary N) is 2. The Bertz CT molecular complexity index is 795. The molecule has 3 rings (SSSR count). The zero-order chi connectivity index (χ0) is 18.0. The van der Waals surface area contributed by atoms with E-state index in [4.69, 9.17) is 10.5 Å². The van der Waals surface area contributed by atoms with Gasteiger partial charge in [0.15, 0.2) is 0 Å². The van der Waals surface area contributed by atoms with Crippen LogP contribution in [0.3, 0.4) is 0 Å². The van der Waals surface area contributed by atoms with Gasteiger partial charge in [0.25, 0.3) is 0 Å². The molecule has 1 aliphatic heterocycles. The van der Waals surface area contributed by atoms with Crippen LogP contribution in [0.2, 0.25) is 0 Å². The third-order valence-corrected chi connectivity index (χ3v) is 4.66. The highest BCUT2D eigenvalue weighted by molar-refractivity contribution is 5.56. The summed E-state index contributed by atoms with van der Waals surface area (Å²) in [5.41, 5.74) is 16.0. The predicted octanol–water partition coefficient (Wildman–Crippen LogP) is 2.60. The summed E-state index contributed by atoms with van der Waals surface area (Å²) in [4.78, 5) is 4.39. The first-order valence-corrected chi connectivity index (χ1v) is 8.38. The molecule has 4 N–H and O–H groups in total. The first-order chi connectivity index (χ1) is 12.0. The van der Waals surface area contributed by atoms with Gasteiger partial charge >= 0.3 is 0 Å². The van der Waals surface area contributed by atoms with Crippen LogP contribution in [0.1, 0.15) is 54.1 Å². The first kappa shape index (κ1) is 17.2. The summed E-state index contributed by atoms with van der Waals surface area (Å²) in [6.07, 6.45) is 0. The van der Waals surface area contributed by atoms with Crippen molar-refractivity contribution in [2.45, 2.75) is 31.7 Å². The van der Waals surface area contributed by atoms with Crippen molar-refractivity contribution >= 4 is 5.82 Å². The van der Waals surface area contributed by atoms with Crippen LogP contribution in [0.4, 0.5) is 5.82 Å². The number of nitrogens with two attached hydrogens (primary N) is 1. The Morgan fingerprint density at radius 1 is 1.32 bits per heavy atom. The number of benzene rings is 1. The lowest BCUT2D eigenvalue weighted by molar-refractivity contribution is 0.414. The third kappa shape index (κ3) is 3.29. The maximum absolute atomic E-state index is 9.59. The minimum absolute atomic E-state index is 0.0415. The van der Waals surface area contributed by atoms with Gasteiger partial charge in [0.1, 0.15) is 17.6 Å². The normalized spacial score (nSPS) is 19.8. The maximum atomic E-state index is 9.59. The number of hydrogen-bond donors (Lipinski definition) is 3. The lowest BCUT2D eigenvalue weighted by Crippen LogP contribution is -2.24. The van der Waals surface area contributed by atoms with Crippen molar-refractivity contribution in [1.82, 2.24) is 15.8 Å². The van der Waals surface area contributed by atoms with Crippen LogP contribution in [0.25, 0.3) is 0 Å². The number of aromatic nitrogens is 1. The molecule has 0 saturated carbocycles. The van der Waals surface area contributed by atoms with Gasteiger partial charge < -0.3 is 10.5 Å². The number of nitriles is 1. The smallest absolute Gasteiger partial charge is 0.141 e. The van der Waals surface area contributed by atoms with E-state index >= 15 is 0 Å². The lowest BCUT2D eigenvalue weighted by Gasteiger charge is -2.22. The lowest BCUT2D eigenvalue weighted by atomic mass is 9.85. The zero-order valence-electron chi connectivity index (χ0n) is 14.7. The Kier molecular flexibility index (Phi) is 4.88. The minimum Gasteiger partial charge on any atom is -0.497 e. The molecule has 1 aromatic heterocycles. The highest BCUT2D eigenvalue weighted by atomic mass is 16.5. The van der Waals surface area contributed by atoms with Crippen LogP contribution < -0.4 is 21.3 Å². The topological polar surface area (TPSA) is 96.0 Å². The fraction of sp³-hybridized carbons (Fsp3) is 0.368. The molecule has 1 fully saturated rings. The fourth-order valence-corrected chi connectivity index (χ4v) is 3.23. The molecule has 2 heterocycles. The molecule has 2 atom stereocenters. The Labute approximate surface area is 148 Å². The van der Waals surface area contributed by atoms with E-state index in [0.717, 1.165) is 22.6 Å². The summed E-state index contributed by atoms with van der Waals surface area (Å²) in [5.74, 6) is 1.46. The van der Waals surface area contributed by atoms with Crippen molar-refractivity contribution in [3.63, 3.8) is 0 Å². The minimum atomic E-state index is 0.0415. The number of anilines is 1. The van der Waals surface area contributed by atoms with Crippen LogP contribution in [0, 0.1) is 11.3 Å². The second-order valence-corrected chi connectivity index (χ2v) is 6.55. The number of nitrogen functional groups attached to an aromatic ring is 1. The highest BCUT2D eigenvalue weighted by Crippen LogP contribution is 2.37. The van der Waals surface area contributed by atoms with Crippen LogP contribution >= 0.6 is 0 Å². The molecule has 6 heteroatoms. The molecule has 0 aliphatic carbocycles. The van der Waals surface area contributed by atoms with Gasteiger partial charge in [-0.05, 0) is 35.2 Å². The van der Waals surface area contributed by atoms with E-state index < -0.39 is 0 Å². The molecule has 6 nitrogen and oxygen atoms in total. The van der Waals surface area contributed by atoms with E-state index in [-0.39, 0.29) is 17.9 Å². The summed E-state index contributed by atoms with van der Waals surface area (Å²) in [6, 6.07) is 12.3.